The molecule has 148 valence electrons. The van der Waals surface area contributed by atoms with E-state index in [0.717, 1.165) is 20.6 Å². The van der Waals surface area contributed by atoms with Gasteiger partial charge in [-0.2, -0.15) is 0 Å². The highest BCUT2D eigenvalue weighted by atomic mass is 79.9. The second-order valence-corrected chi connectivity index (χ2v) is 8.84. The molecule has 0 aliphatic carbocycles. The fraction of sp³-hybridized carbons (Fsp3) is 0.130. The van der Waals surface area contributed by atoms with E-state index in [0.29, 0.717) is 11.3 Å². The van der Waals surface area contributed by atoms with Crippen LogP contribution in [0.3, 0.4) is 0 Å². The van der Waals surface area contributed by atoms with Crippen molar-refractivity contribution in [2.24, 2.45) is 0 Å². The van der Waals surface area contributed by atoms with Crippen LogP contribution >= 0.6 is 27.7 Å². The van der Waals surface area contributed by atoms with E-state index in [2.05, 4.69) is 26.6 Å². The number of rotatable bonds is 6. The summed E-state index contributed by atoms with van der Waals surface area (Å²) in [7, 11) is 0. The molecule has 0 saturated heterocycles. The molecule has 0 spiro atoms. The molecule has 0 aliphatic rings. The van der Waals surface area contributed by atoms with Crippen LogP contribution in [0.2, 0.25) is 0 Å². The van der Waals surface area contributed by atoms with E-state index in [1.54, 1.807) is 12.1 Å². The van der Waals surface area contributed by atoms with Gasteiger partial charge in [-0.25, -0.2) is 0 Å². The summed E-state index contributed by atoms with van der Waals surface area (Å²) >= 11 is 4.89. The molecule has 0 aliphatic heterocycles. The Balaban J connectivity index is 1.57. The van der Waals surface area contributed by atoms with Gasteiger partial charge in [0.25, 0.3) is 5.91 Å². The van der Waals surface area contributed by atoms with Crippen molar-refractivity contribution in [1.29, 1.82) is 0 Å². The van der Waals surface area contributed by atoms with Gasteiger partial charge in [0.2, 0.25) is 5.91 Å². The number of carbonyl (C=O) groups excluding carboxylic acids is 2. The maximum Gasteiger partial charge on any atom is 0.255 e. The van der Waals surface area contributed by atoms with Crippen molar-refractivity contribution in [2.75, 3.05) is 10.6 Å². The smallest absolute Gasteiger partial charge is 0.255 e. The number of aryl methyl sites for hydroxylation is 1. The zero-order chi connectivity index (χ0) is 20.8. The van der Waals surface area contributed by atoms with Gasteiger partial charge in [-0.1, -0.05) is 29.8 Å². The van der Waals surface area contributed by atoms with E-state index in [1.807, 2.05) is 74.5 Å². The maximum atomic E-state index is 12.5. The van der Waals surface area contributed by atoms with Crippen LogP contribution in [0.25, 0.3) is 0 Å². The van der Waals surface area contributed by atoms with Gasteiger partial charge in [-0.05, 0) is 78.3 Å². The first-order valence-electron chi connectivity index (χ1n) is 9.12. The Hall–Kier alpha value is -2.57. The minimum absolute atomic E-state index is 0.0707. The fourth-order valence-corrected chi connectivity index (χ4v) is 3.83. The molecule has 2 amide bonds. The van der Waals surface area contributed by atoms with Crippen molar-refractivity contribution >= 4 is 50.9 Å². The van der Waals surface area contributed by atoms with Crippen molar-refractivity contribution in [3.8, 4) is 0 Å². The molecule has 6 heteroatoms. The molecule has 3 rings (SSSR count). The average Bonchev–Trinajstić information content (AvgIpc) is 2.71. The Bertz CT molecular complexity index is 1000. The van der Waals surface area contributed by atoms with E-state index in [-0.39, 0.29) is 17.1 Å². The molecule has 0 saturated carbocycles. The topological polar surface area (TPSA) is 58.2 Å². The Labute approximate surface area is 183 Å². The fourth-order valence-electron chi connectivity index (χ4n) is 2.58. The quantitative estimate of drug-likeness (QED) is 0.427. The highest BCUT2D eigenvalue weighted by molar-refractivity contribution is 9.10. The molecule has 0 aromatic heterocycles. The highest BCUT2D eigenvalue weighted by Crippen LogP contribution is 2.27. The molecule has 3 aromatic rings. The number of benzene rings is 3. The molecule has 2 N–H and O–H groups in total. The number of halogens is 1. The van der Waals surface area contributed by atoms with Crippen molar-refractivity contribution in [3.05, 3.63) is 88.4 Å². The van der Waals surface area contributed by atoms with Gasteiger partial charge in [0.1, 0.15) is 0 Å². The van der Waals surface area contributed by atoms with Crippen LogP contribution in [-0.2, 0) is 4.79 Å². The molecule has 0 bridgehead atoms. The van der Waals surface area contributed by atoms with E-state index in [1.165, 1.54) is 11.8 Å². The number of hydrogen-bond acceptors (Lipinski definition) is 3. The van der Waals surface area contributed by atoms with Crippen LogP contribution in [0.5, 0.6) is 0 Å². The van der Waals surface area contributed by atoms with Gasteiger partial charge in [-0.3, -0.25) is 9.59 Å². The predicted molar refractivity (Wildman–Crippen MR) is 124 cm³/mol. The average molecular weight is 469 g/mol. The van der Waals surface area contributed by atoms with E-state index < -0.39 is 0 Å². The molecule has 3 aromatic carbocycles. The van der Waals surface area contributed by atoms with Crippen LogP contribution in [0.1, 0.15) is 22.8 Å². The largest absolute Gasteiger partial charge is 0.324 e. The third-order valence-electron chi connectivity index (χ3n) is 4.24. The first-order chi connectivity index (χ1) is 13.9. The van der Waals surface area contributed by atoms with Crippen molar-refractivity contribution in [2.45, 2.75) is 24.0 Å². The molecule has 0 fully saturated rings. The Kier molecular flexibility index (Phi) is 7.12. The minimum atomic E-state index is -0.268. The maximum absolute atomic E-state index is 12.5. The summed E-state index contributed by atoms with van der Waals surface area (Å²) in [6, 6.07) is 22.4. The number of para-hydroxylation sites is 1. The van der Waals surface area contributed by atoms with Crippen molar-refractivity contribution in [3.63, 3.8) is 0 Å². The lowest BCUT2D eigenvalue weighted by Crippen LogP contribution is -2.22. The molecule has 1 atom stereocenters. The van der Waals surface area contributed by atoms with E-state index in [9.17, 15) is 9.59 Å². The molecule has 1 unspecified atom stereocenters. The van der Waals surface area contributed by atoms with Crippen molar-refractivity contribution in [1.82, 2.24) is 0 Å². The Morgan fingerprint density at radius 1 is 0.897 bits per heavy atom. The van der Waals surface area contributed by atoms with Crippen LogP contribution in [0.15, 0.2) is 82.2 Å². The Morgan fingerprint density at radius 3 is 2.21 bits per heavy atom. The van der Waals surface area contributed by atoms with Gasteiger partial charge < -0.3 is 10.6 Å². The van der Waals surface area contributed by atoms with Crippen LogP contribution in [0, 0.1) is 6.92 Å². The summed E-state index contributed by atoms with van der Waals surface area (Å²) in [6.45, 7) is 3.85. The standard InChI is InChI=1S/C23H21BrN2O2S/c1-15-7-9-17(10-8-15)23(28)25-18-11-13-19(14-12-18)29-16(2)22(27)26-21-6-4-3-5-20(21)24/h3-14,16H,1-2H3,(H,25,28)(H,26,27). The SMILES string of the molecule is Cc1ccc(C(=O)Nc2ccc(SC(C)C(=O)Nc3ccccc3Br)cc2)cc1. The summed E-state index contributed by atoms with van der Waals surface area (Å²) in [5.41, 5.74) is 3.19. The lowest BCUT2D eigenvalue weighted by atomic mass is 10.1. The lowest BCUT2D eigenvalue weighted by molar-refractivity contribution is -0.115. The van der Waals surface area contributed by atoms with Gasteiger partial charge >= 0.3 is 0 Å². The number of anilines is 2. The molecule has 29 heavy (non-hydrogen) atoms. The van der Waals surface area contributed by atoms with Crippen molar-refractivity contribution < 1.29 is 9.59 Å². The molecular weight excluding hydrogens is 448 g/mol. The van der Waals surface area contributed by atoms with Gasteiger partial charge in [0.15, 0.2) is 0 Å². The van der Waals surface area contributed by atoms with E-state index in [4.69, 9.17) is 0 Å². The predicted octanol–water partition coefficient (Wildman–Crippen LogP) is 6.13. The van der Waals surface area contributed by atoms with Gasteiger partial charge in [0.05, 0.1) is 10.9 Å². The second-order valence-electron chi connectivity index (χ2n) is 6.57. The lowest BCUT2D eigenvalue weighted by Gasteiger charge is -2.13. The minimum Gasteiger partial charge on any atom is -0.324 e. The highest BCUT2D eigenvalue weighted by Gasteiger charge is 2.15. The summed E-state index contributed by atoms with van der Waals surface area (Å²) in [5.74, 6) is -0.217. The summed E-state index contributed by atoms with van der Waals surface area (Å²) in [6.07, 6.45) is 0. The molecule has 4 nitrogen and oxygen atoms in total. The monoisotopic (exact) mass is 468 g/mol. The number of carbonyl (C=O) groups is 2. The molecular formula is C23H21BrN2O2S. The zero-order valence-corrected chi connectivity index (χ0v) is 18.5. The van der Waals surface area contributed by atoms with Crippen LogP contribution in [0.4, 0.5) is 11.4 Å². The third kappa shape index (κ3) is 5.95. The third-order valence-corrected chi connectivity index (χ3v) is 6.04. The number of nitrogens with one attached hydrogen (secondary N) is 2. The molecule has 0 heterocycles. The first-order valence-corrected chi connectivity index (χ1v) is 10.8. The first kappa shape index (κ1) is 21.1. The number of hydrogen-bond donors (Lipinski definition) is 2. The second kappa shape index (κ2) is 9.76. The van der Waals surface area contributed by atoms with Gasteiger partial charge in [-0.15, -0.1) is 11.8 Å². The van der Waals surface area contributed by atoms with Crippen LogP contribution < -0.4 is 10.6 Å². The van der Waals surface area contributed by atoms with E-state index >= 15 is 0 Å². The summed E-state index contributed by atoms with van der Waals surface area (Å²) < 4.78 is 0.847. The van der Waals surface area contributed by atoms with Gasteiger partial charge in [0, 0.05) is 20.6 Å². The number of amides is 2. The zero-order valence-electron chi connectivity index (χ0n) is 16.1. The summed E-state index contributed by atoms with van der Waals surface area (Å²) in [4.78, 5) is 25.7. The number of thioether (sulfide) groups is 1. The molecule has 0 radical (unpaired) electrons. The Morgan fingerprint density at radius 2 is 1.55 bits per heavy atom. The normalized spacial score (nSPS) is 11.6. The van der Waals surface area contributed by atoms with Crippen LogP contribution in [-0.4, -0.2) is 17.1 Å². The summed E-state index contributed by atoms with van der Waals surface area (Å²) in [5, 5.41) is 5.54.